The van der Waals surface area contributed by atoms with E-state index in [0.29, 0.717) is 0 Å². The summed E-state index contributed by atoms with van der Waals surface area (Å²) in [4.78, 5) is 0. The molecule has 0 amide bonds. The van der Waals surface area contributed by atoms with Crippen LogP contribution in [0.15, 0.2) is 66.3 Å². The number of hydrogen-bond acceptors (Lipinski definition) is 0. The fraction of sp³-hybridized carbons (Fsp3) is 0.300. The lowest BCUT2D eigenvalue weighted by atomic mass is 9.97. The van der Waals surface area contributed by atoms with Crippen molar-refractivity contribution in [1.29, 1.82) is 0 Å². The summed E-state index contributed by atoms with van der Waals surface area (Å²) in [7, 11) is 0. The first-order chi connectivity index (χ1) is 9.78. The minimum Gasteiger partial charge on any atom is -0.0906 e. The smallest absolute Gasteiger partial charge is 0.0154 e. The van der Waals surface area contributed by atoms with Gasteiger partial charge in [-0.05, 0) is 53.9 Å². The van der Waals surface area contributed by atoms with Crippen molar-refractivity contribution >= 4 is 5.57 Å². The number of rotatable bonds is 4. The highest BCUT2D eigenvalue weighted by Gasteiger charge is 2.23. The van der Waals surface area contributed by atoms with Crippen LogP contribution in [0.5, 0.6) is 0 Å². The van der Waals surface area contributed by atoms with Crippen LogP contribution in [0.25, 0.3) is 5.57 Å². The maximum atomic E-state index is 4.29. The van der Waals surface area contributed by atoms with Gasteiger partial charge in [0.05, 0.1) is 0 Å². The van der Waals surface area contributed by atoms with Crippen LogP contribution >= 0.6 is 0 Å². The molecule has 102 valence electrons. The third kappa shape index (κ3) is 2.85. The molecule has 3 rings (SSSR count). The molecule has 0 bridgehead atoms. The van der Waals surface area contributed by atoms with Gasteiger partial charge in [0.2, 0.25) is 0 Å². The van der Waals surface area contributed by atoms with Crippen LogP contribution in [-0.4, -0.2) is 0 Å². The van der Waals surface area contributed by atoms with Crippen molar-refractivity contribution in [2.75, 3.05) is 0 Å². The van der Waals surface area contributed by atoms with Crippen molar-refractivity contribution in [3.05, 3.63) is 77.4 Å². The summed E-state index contributed by atoms with van der Waals surface area (Å²) < 4.78 is 0. The highest BCUT2D eigenvalue weighted by molar-refractivity contribution is 5.80. The first-order valence-corrected chi connectivity index (χ1v) is 7.65. The Morgan fingerprint density at radius 3 is 2.50 bits per heavy atom. The summed E-state index contributed by atoms with van der Waals surface area (Å²) in [5, 5.41) is 0. The average molecular weight is 262 g/mol. The van der Waals surface area contributed by atoms with Crippen LogP contribution in [0.4, 0.5) is 0 Å². The highest BCUT2D eigenvalue weighted by atomic mass is 14.3. The van der Waals surface area contributed by atoms with Crippen LogP contribution in [0.1, 0.15) is 49.7 Å². The minimum absolute atomic E-state index is 0.825. The quantitative estimate of drug-likeness (QED) is 0.643. The molecule has 0 N–H and O–H groups in total. The zero-order chi connectivity index (χ0) is 13.9. The lowest BCUT2D eigenvalue weighted by molar-refractivity contribution is 1.13. The maximum absolute atomic E-state index is 4.29. The second-order valence-electron chi connectivity index (χ2n) is 5.74. The summed E-state index contributed by atoms with van der Waals surface area (Å²) in [6, 6.07) is 9.00. The Morgan fingerprint density at radius 1 is 1.10 bits per heavy atom. The van der Waals surface area contributed by atoms with E-state index in [0.717, 1.165) is 24.3 Å². The van der Waals surface area contributed by atoms with E-state index in [1.54, 1.807) is 0 Å². The lowest BCUT2D eigenvalue weighted by Gasteiger charge is -2.08. The second-order valence-corrected chi connectivity index (χ2v) is 5.74. The highest BCUT2D eigenvalue weighted by Crippen LogP contribution is 2.40. The summed E-state index contributed by atoms with van der Waals surface area (Å²) >= 11 is 0. The van der Waals surface area contributed by atoms with Crippen LogP contribution in [-0.2, 0) is 0 Å². The normalized spacial score (nSPS) is 18.2. The number of hydrogen-bond donors (Lipinski definition) is 0. The van der Waals surface area contributed by atoms with Gasteiger partial charge in [0.25, 0.3) is 0 Å². The molecule has 0 heteroatoms. The molecule has 1 saturated carbocycles. The van der Waals surface area contributed by atoms with E-state index in [2.05, 4.69) is 62.1 Å². The van der Waals surface area contributed by atoms with Crippen molar-refractivity contribution in [1.82, 2.24) is 0 Å². The zero-order valence-electron chi connectivity index (χ0n) is 12.2. The van der Waals surface area contributed by atoms with Gasteiger partial charge >= 0.3 is 0 Å². The van der Waals surface area contributed by atoms with Crippen molar-refractivity contribution in [3.63, 3.8) is 0 Å². The van der Waals surface area contributed by atoms with Gasteiger partial charge in [-0.15, -0.1) is 0 Å². The van der Waals surface area contributed by atoms with E-state index >= 15 is 0 Å². The van der Waals surface area contributed by atoms with Crippen molar-refractivity contribution in [2.24, 2.45) is 0 Å². The van der Waals surface area contributed by atoms with E-state index in [-0.39, 0.29) is 0 Å². The SMILES string of the molecule is C=C(C1=CCC=C(CC)C=C1)c1ccc(C2CC2)cc1. The molecule has 1 aromatic carbocycles. The van der Waals surface area contributed by atoms with Gasteiger partial charge < -0.3 is 0 Å². The largest absolute Gasteiger partial charge is 0.0906 e. The average Bonchev–Trinajstić information content (AvgIpc) is 3.33. The van der Waals surface area contributed by atoms with Crippen molar-refractivity contribution in [2.45, 2.75) is 38.5 Å². The molecule has 0 saturated heterocycles. The molecular weight excluding hydrogens is 240 g/mol. The predicted octanol–water partition coefficient (Wildman–Crippen LogP) is 5.80. The molecular formula is C20H22. The van der Waals surface area contributed by atoms with E-state index in [9.17, 15) is 0 Å². The van der Waals surface area contributed by atoms with Gasteiger partial charge in [-0.2, -0.15) is 0 Å². The van der Waals surface area contributed by atoms with Crippen LogP contribution in [0.2, 0.25) is 0 Å². The molecule has 0 spiro atoms. The van der Waals surface area contributed by atoms with Crippen LogP contribution < -0.4 is 0 Å². The third-order valence-electron chi connectivity index (χ3n) is 4.26. The summed E-state index contributed by atoms with van der Waals surface area (Å²) in [6.07, 6.45) is 13.8. The monoisotopic (exact) mass is 262 g/mol. The molecule has 0 nitrogen and oxygen atoms in total. The number of benzene rings is 1. The molecule has 0 radical (unpaired) electrons. The molecule has 0 atom stereocenters. The standard InChI is InChI=1S/C20H22/c1-3-16-5-4-6-17(8-7-16)15(2)18-9-11-19(12-10-18)20-13-14-20/h5-12,20H,2-4,13-14H2,1H3. The van der Waals surface area contributed by atoms with Gasteiger partial charge in [0.15, 0.2) is 0 Å². The Morgan fingerprint density at radius 2 is 1.85 bits per heavy atom. The molecule has 0 aromatic heterocycles. The fourth-order valence-corrected chi connectivity index (χ4v) is 2.70. The summed E-state index contributed by atoms with van der Waals surface area (Å²) in [5.41, 5.74) is 6.53. The summed E-state index contributed by atoms with van der Waals surface area (Å²) in [6.45, 7) is 6.49. The number of allylic oxidation sites excluding steroid dienone is 7. The first kappa shape index (κ1) is 13.2. The Hall–Kier alpha value is -1.82. The lowest BCUT2D eigenvalue weighted by Crippen LogP contribution is -1.87. The summed E-state index contributed by atoms with van der Waals surface area (Å²) in [5.74, 6) is 0.825. The topological polar surface area (TPSA) is 0 Å². The Balaban J connectivity index is 1.76. The van der Waals surface area contributed by atoms with Crippen molar-refractivity contribution < 1.29 is 0 Å². The van der Waals surface area contributed by atoms with E-state index in [1.165, 1.54) is 35.1 Å². The molecule has 2 aliphatic rings. The zero-order valence-corrected chi connectivity index (χ0v) is 12.2. The predicted molar refractivity (Wildman–Crippen MR) is 87.7 cm³/mol. The third-order valence-corrected chi connectivity index (χ3v) is 4.26. The van der Waals surface area contributed by atoms with Gasteiger partial charge in [0, 0.05) is 0 Å². The van der Waals surface area contributed by atoms with E-state index in [4.69, 9.17) is 0 Å². The second kappa shape index (κ2) is 5.66. The molecule has 1 fully saturated rings. The van der Waals surface area contributed by atoms with Crippen LogP contribution in [0, 0.1) is 0 Å². The van der Waals surface area contributed by atoms with Crippen LogP contribution in [0.3, 0.4) is 0 Å². The van der Waals surface area contributed by atoms with E-state index < -0.39 is 0 Å². The minimum atomic E-state index is 0.825. The Kier molecular flexibility index (Phi) is 3.73. The Labute approximate surface area is 122 Å². The molecule has 1 aromatic rings. The van der Waals surface area contributed by atoms with Crippen molar-refractivity contribution in [3.8, 4) is 0 Å². The van der Waals surface area contributed by atoms with Gasteiger partial charge in [-0.25, -0.2) is 0 Å². The molecule has 2 aliphatic carbocycles. The van der Waals surface area contributed by atoms with Gasteiger partial charge in [-0.3, -0.25) is 0 Å². The fourth-order valence-electron chi connectivity index (χ4n) is 2.70. The van der Waals surface area contributed by atoms with Gasteiger partial charge in [-0.1, -0.05) is 67.6 Å². The molecule has 0 unspecified atom stereocenters. The molecule has 0 heterocycles. The molecule has 0 aliphatic heterocycles. The van der Waals surface area contributed by atoms with E-state index in [1.807, 2.05) is 0 Å². The maximum Gasteiger partial charge on any atom is -0.0154 e. The Bertz CT molecular complexity index is 589. The van der Waals surface area contributed by atoms with Gasteiger partial charge in [0.1, 0.15) is 0 Å². The first-order valence-electron chi connectivity index (χ1n) is 7.65. The molecule has 20 heavy (non-hydrogen) atoms.